The van der Waals surface area contributed by atoms with E-state index in [1.807, 2.05) is 25.1 Å². The summed E-state index contributed by atoms with van der Waals surface area (Å²) in [7, 11) is 1.61. The Hall–Kier alpha value is -2.23. The van der Waals surface area contributed by atoms with Crippen LogP contribution in [0.25, 0.3) is 6.08 Å². The highest BCUT2D eigenvalue weighted by molar-refractivity contribution is 5.91. The molecule has 1 N–H and O–H groups in total. The molecule has 1 aliphatic rings. The van der Waals surface area contributed by atoms with Gasteiger partial charge < -0.3 is 14.8 Å². The van der Waals surface area contributed by atoms with Crippen molar-refractivity contribution < 1.29 is 14.3 Å². The summed E-state index contributed by atoms with van der Waals surface area (Å²) in [6, 6.07) is 5.63. The van der Waals surface area contributed by atoms with Gasteiger partial charge in [-0.05, 0) is 62.8 Å². The molecule has 0 fully saturated rings. The number of ether oxygens (including phenoxy) is 2. The zero-order valence-corrected chi connectivity index (χ0v) is 14.6. The first-order chi connectivity index (χ1) is 11.7. The van der Waals surface area contributed by atoms with Crippen molar-refractivity contribution in [1.29, 1.82) is 0 Å². The number of hydrogen-bond acceptors (Lipinski definition) is 3. The first kappa shape index (κ1) is 18.1. The van der Waals surface area contributed by atoms with E-state index in [-0.39, 0.29) is 5.91 Å². The zero-order valence-electron chi connectivity index (χ0n) is 14.6. The van der Waals surface area contributed by atoms with Crippen molar-refractivity contribution in [2.45, 2.75) is 39.0 Å². The van der Waals surface area contributed by atoms with Crippen LogP contribution < -0.4 is 14.8 Å². The maximum Gasteiger partial charge on any atom is 0.244 e. The van der Waals surface area contributed by atoms with Crippen LogP contribution >= 0.6 is 0 Å². The number of carbonyl (C=O) groups excluding carboxylic acids is 1. The van der Waals surface area contributed by atoms with Crippen LogP contribution in [-0.4, -0.2) is 26.2 Å². The predicted octanol–water partition coefficient (Wildman–Crippen LogP) is 4.11. The highest BCUT2D eigenvalue weighted by Gasteiger charge is 2.05. The number of amides is 1. The van der Waals surface area contributed by atoms with Gasteiger partial charge in [-0.2, -0.15) is 0 Å². The molecule has 4 heteroatoms. The molecule has 0 unspecified atom stereocenters. The van der Waals surface area contributed by atoms with Crippen molar-refractivity contribution in [3.8, 4) is 11.5 Å². The van der Waals surface area contributed by atoms with E-state index in [1.165, 1.54) is 31.3 Å². The molecule has 0 atom stereocenters. The Bertz CT molecular complexity index is 605. The average molecular weight is 329 g/mol. The van der Waals surface area contributed by atoms with Gasteiger partial charge in [0.25, 0.3) is 0 Å². The maximum absolute atomic E-state index is 11.9. The van der Waals surface area contributed by atoms with E-state index in [0.717, 1.165) is 12.0 Å². The first-order valence-corrected chi connectivity index (χ1v) is 8.67. The van der Waals surface area contributed by atoms with Gasteiger partial charge in [-0.15, -0.1) is 0 Å². The van der Waals surface area contributed by atoms with E-state index in [2.05, 4.69) is 11.4 Å². The number of allylic oxidation sites excluding steroid dienone is 1. The highest BCUT2D eigenvalue weighted by Crippen LogP contribution is 2.28. The average Bonchev–Trinajstić information content (AvgIpc) is 2.62. The minimum Gasteiger partial charge on any atom is -0.493 e. The molecule has 4 nitrogen and oxygen atoms in total. The molecule has 130 valence electrons. The molecule has 0 saturated heterocycles. The molecule has 1 aliphatic carbocycles. The summed E-state index contributed by atoms with van der Waals surface area (Å²) in [5.41, 5.74) is 2.38. The smallest absolute Gasteiger partial charge is 0.244 e. The van der Waals surface area contributed by atoms with E-state index in [9.17, 15) is 4.79 Å². The number of hydrogen-bond donors (Lipinski definition) is 1. The predicted molar refractivity (Wildman–Crippen MR) is 97.4 cm³/mol. The maximum atomic E-state index is 11.9. The summed E-state index contributed by atoms with van der Waals surface area (Å²) in [6.07, 6.45) is 11.6. The van der Waals surface area contributed by atoms with Crippen molar-refractivity contribution in [3.63, 3.8) is 0 Å². The molecule has 24 heavy (non-hydrogen) atoms. The van der Waals surface area contributed by atoms with Crippen LogP contribution in [0.1, 0.15) is 44.6 Å². The van der Waals surface area contributed by atoms with Crippen LogP contribution in [0.2, 0.25) is 0 Å². The molecule has 2 rings (SSSR count). The topological polar surface area (TPSA) is 47.6 Å². The minimum absolute atomic E-state index is 0.0701. The quantitative estimate of drug-likeness (QED) is 0.576. The van der Waals surface area contributed by atoms with Crippen LogP contribution in [0.5, 0.6) is 11.5 Å². The number of rotatable bonds is 8. The number of methoxy groups -OCH3 is 1. The molecular formula is C20H27NO3. The fourth-order valence-corrected chi connectivity index (χ4v) is 2.77. The van der Waals surface area contributed by atoms with Gasteiger partial charge in [-0.3, -0.25) is 4.79 Å². The van der Waals surface area contributed by atoms with Crippen molar-refractivity contribution in [3.05, 3.63) is 41.5 Å². The van der Waals surface area contributed by atoms with E-state index in [1.54, 1.807) is 19.3 Å². The Kier molecular flexibility index (Phi) is 7.40. The Morgan fingerprint density at radius 1 is 1.29 bits per heavy atom. The van der Waals surface area contributed by atoms with Gasteiger partial charge in [0.15, 0.2) is 11.5 Å². The molecule has 0 radical (unpaired) electrons. The van der Waals surface area contributed by atoms with Gasteiger partial charge in [0, 0.05) is 12.6 Å². The van der Waals surface area contributed by atoms with Crippen molar-refractivity contribution in [2.75, 3.05) is 20.3 Å². The third-order valence-electron chi connectivity index (χ3n) is 4.05. The van der Waals surface area contributed by atoms with Crippen LogP contribution in [0.3, 0.4) is 0 Å². The Balaban J connectivity index is 1.83. The normalized spacial score (nSPS) is 14.3. The largest absolute Gasteiger partial charge is 0.493 e. The molecule has 0 aliphatic heterocycles. The first-order valence-electron chi connectivity index (χ1n) is 8.67. The van der Waals surface area contributed by atoms with Crippen LogP contribution in [0.15, 0.2) is 35.9 Å². The molecule has 1 aromatic rings. The summed E-state index contributed by atoms with van der Waals surface area (Å²) in [4.78, 5) is 11.9. The molecule has 0 aromatic heterocycles. The van der Waals surface area contributed by atoms with Gasteiger partial charge in [-0.25, -0.2) is 0 Å². The van der Waals surface area contributed by atoms with Crippen LogP contribution in [-0.2, 0) is 4.79 Å². The van der Waals surface area contributed by atoms with Crippen molar-refractivity contribution in [1.82, 2.24) is 5.32 Å². The SMILES string of the molecule is CCOc1ccc(/C=C/C(=O)NCCC2=CCCCC2)cc1OC. The lowest BCUT2D eigenvalue weighted by atomic mass is 9.97. The lowest BCUT2D eigenvalue weighted by molar-refractivity contribution is -0.116. The van der Waals surface area contributed by atoms with Crippen LogP contribution in [0, 0.1) is 0 Å². The summed E-state index contributed by atoms with van der Waals surface area (Å²) >= 11 is 0. The van der Waals surface area contributed by atoms with E-state index in [0.29, 0.717) is 24.7 Å². The summed E-state index contributed by atoms with van der Waals surface area (Å²) < 4.78 is 10.8. The van der Waals surface area contributed by atoms with E-state index in [4.69, 9.17) is 9.47 Å². The van der Waals surface area contributed by atoms with Crippen LogP contribution in [0.4, 0.5) is 0 Å². The van der Waals surface area contributed by atoms with Gasteiger partial charge in [0.05, 0.1) is 13.7 Å². The van der Waals surface area contributed by atoms with Crippen molar-refractivity contribution >= 4 is 12.0 Å². The van der Waals surface area contributed by atoms with Gasteiger partial charge in [-0.1, -0.05) is 17.7 Å². The molecule has 0 spiro atoms. The molecule has 0 bridgehead atoms. The van der Waals surface area contributed by atoms with E-state index < -0.39 is 0 Å². The highest BCUT2D eigenvalue weighted by atomic mass is 16.5. The Morgan fingerprint density at radius 2 is 2.17 bits per heavy atom. The minimum atomic E-state index is -0.0701. The summed E-state index contributed by atoms with van der Waals surface area (Å²) in [5, 5.41) is 2.94. The molecule has 1 amide bonds. The van der Waals surface area contributed by atoms with Crippen molar-refractivity contribution in [2.24, 2.45) is 0 Å². The lowest BCUT2D eigenvalue weighted by Gasteiger charge is -2.12. The Morgan fingerprint density at radius 3 is 2.88 bits per heavy atom. The third kappa shape index (κ3) is 5.76. The number of nitrogens with one attached hydrogen (secondary N) is 1. The molecular weight excluding hydrogens is 302 g/mol. The zero-order chi connectivity index (χ0) is 17.2. The van der Waals surface area contributed by atoms with E-state index >= 15 is 0 Å². The molecule has 1 aromatic carbocycles. The Labute approximate surface area is 144 Å². The third-order valence-corrected chi connectivity index (χ3v) is 4.05. The fourth-order valence-electron chi connectivity index (χ4n) is 2.77. The summed E-state index contributed by atoms with van der Waals surface area (Å²) in [6.45, 7) is 3.22. The number of benzene rings is 1. The lowest BCUT2D eigenvalue weighted by Crippen LogP contribution is -2.22. The fraction of sp³-hybridized carbons (Fsp3) is 0.450. The van der Waals surface area contributed by atoms with Gasteiger partial charge in [0.2, 0.25) is 5.91 Å². The molecule has 0 heterocycles. The summed E-state index contributed by atoms with van der Waals surface area (Å²) in [5.74, 6) is 1.31. The van der Waals surface area contributed by atoms with Gasteiger partial charge >= 0.3 is 0 Å². The standard InChI is InChI=1S/C20H27NO3/c1-3-24-18-11-9-17(15-19(18)23-2)10-12-20(22)21-14-13-16-7-5-4-6-8-16/h7,9-12,15H,3-6,8,13-14H2,1-2H3,(H,21,22)/b12-10+. The molecule has 0 saturated carbocycles. The second-order valence-electron chi connectivity index (χ2n) is 5.83. The second kappa shape index (κ2) is 9.81. The monoisotopic (exact) mass is 329 g/mol. The second-order valence-corrected chi connectivity index (χ2v) is 5.83. The number of carbonyl (C=O) groups is 1. The van der Waals surface area contributed by atoms with Gasteiger partial charge in [0.1, 0.15) is 0 Å².